The Labute approximate surface area is 162 Å². The van der Waals surface area contributed by atoms with Crippen molar-refractivity contribution in [1.82, 2.24) is 4.98 Å². The van der Waals surface area contributed by atoms with Gasteiger partial charge in [0.25, 0.3) is 0 Å². The van der Waals surface area contributed by atoms with Crippen LogP contribution in [0.3, 0.4) is 0 Å². The van der Waals surface area contributed by atoms with Gasteiger partial charge in [0, 0.05) is 22.9 Å². The van der Waals surface area contributed by atoms with Crippen LogP contribution < -0.4 is 4.74 Å². The van der Waals surface area contributed by atoms with Crippen LogP contribution in [0.1, 0.15) is 62.0 Å². The molecule has 4 heteroatoms. The predicted molar refractivity (Wildman–Crippen MR) is 108 cm³/mol. The average Bonchev–Trinajstić information content (AvgIpc) is 3.46. The van der Waals surface area contributed by atoms with E-state index in [9.17, 15) is 4.79 Å². The molecule has 2 atom stereocenters. The van der Waals surface area contributed by atoms with Crippen molar-refractivity contribution in [1.29, 1.82) is 0 Å². The molecule has 0 N–H and O–H groups in total. The fraction of sp³-hybridized carbons (Fsp3) is 0.478. The summed E-state index contributed by atoms with van der Waals surface area (Å²) in [5, 5.41) is 0. The normalized spacial score (nSPS) is 20.3. The van der Waals surface area contributed by atoms with Gasteiger partial charge in [-0.15, -0.1) is 0 Å². The molecule has 3 rings (SSSR count). The van der Waals surface area contributed by atoms with Crippen molar-refractivity contribution < 1.29 is 14.3 Å². The molecule has 146 valence electrons. The van der Waals surface area contributed by atoms with Gasteiger partial charge in [0.2, 0.25) is 0 Å². The Morgan fingerprint density at radius 2 is 1.96 bits per heavy atom. The first kappa shape index (κ1) is 20.9. The molecule has 0 spiro atoms. The van der Waals surface area contributed by atoms with Gasteiger partial charge >= 0.3 is 5.97 Å². The fourth-order valence-electron chi connectivity index (χ4n) is 3.69. The van der Waals surface area contributed by atoms with Crippen LogP contribution in [-0.4, -0.2) is 25.2 Å². The summed E-state index contributed by atoms with van der Waals surface area (Å²) in [7, 11) is 3.08. The summed E-state index contributed by atoms with van der Waals surface area (Å²) in [6, 6.07) is 12.0. The topological polar surface area (TPSA) is 48.4 Å². The van der Waals surface area contributed by atoms with Gasteiger partial charge in [0.1, 0.15) is 11.2 Å². The molecule has 0 unspecified atom stereocenters. The minimum Gasteiger partial charge on any atom is -0.496 e. The van der Waals surface area contributed by atoms with E-state index >= 15 is 0 Å². The molecule has 4 nitrogen and oxygen atoms in total. The molecular formula is C23H31NO3. The van der Waals surface area contributed by atoms with Crippen LogP contribution >= 0.6 is 0 Å². The maximum atomic E-state index is 12.8. The lowest BCUT2D eigenvalue weighted by Gasteiger charge is -2.19. The van der Waals surface area contributed by atoms with E-state index in [2.05, 4.69) is 6.92 Å². The van der Waals surface area contributed by atoms with E-state index < -0.39 is 5.41 Å². The van der Waals surface area contributed by atoms with Crippen molar-refractivity contribution in [2.45, 2.75) is 58.3 Å². The molecule has 1 aliphatic rings. The summed E-state index contributed by atoms with van der Waals surface area (Å²) in [6.45, 7) is 8.16. The largest absolute Gasteiger partial charge is 0.496 e. The Kier molecular flexibility index (Phi) is 7.00. The number of ether oxygens (including phenoxy) is 2. The SMILES string of the molecule is CC.CCCc1cccc([C@@H]2C[C@]2(C(=O)OC)c2cc(C)ccc2OC)n1. The molecule has 0 radical (unpaired) electrons. The quantitative estimate of drug-likeness (QED) is 0.674. The summed E-state index contributed by atoms with van der Waals surface area (Å²) < 4.78 is 10.7. The highest BCUT2D eigenvalue weighted by molar-refractivity contribution is 5.90. The van der Waals surface area contributed by atoms with Gasteiger partial charge < -0.3 is 9.47 Å². The molecule has 0 amide bonds. The molecule has 1 aromatic heterocycles. The number of pyridine rings is 1. The summed E-state index contributed by atoms with van der Waals surface area (Å²) >= 11 is 0. The first-order valence-corrected chi connectivity index (χ1v) is 9.76. The minimum atomic E-state index is -0.704. The van der Waals surface area contributed by atoms with Crippen LogP contribution in [0.5, 0.6) is 5.75 Å². The molecule has 27 heavy (non-hydrogen) atoms. The monoisotopic (exact) mass is 369 g/mol. The molecule has 1 aromatic carbocycles. The van der Waals surface area contributed by atoms with Gasteiger partial charge in [-0.3, -0.25) is 9.78 Å². The summed E-state index contributed by atoms with van der Waals surface area (Å²) in [6.07, 6.45) is 2.69. The van der Waals surface area contributed by atoms with Crippen molar-refractivity contribution in [3.05, 3.63) is 58.9 Å². The lowest BCUT2D eigenvalue weighted by Crippen LogP contribution is -2.25. The van der Waals surface area contributed by atoms with E-state index in [-0.39, 0.29) is 11.9 Å². The first-order chi connectivity index (χ1) is 13.1. The molecule has 2 aromatic rings. The van der Waals surface area contributed by atoms with Crippen molar-refractivity contribution in [2.24, 2.45) is 0 Å². The standard InChI is InChI=1S/C21H25NO3.C2H6/c1-5-7-15-8-6-9-18(22-15)17-13-21(17,20(23)25-4)16-12-14(2)10-11-19(16)24-3;1-2/h6,8-12,17H,5,7,13H2,1-4H3;1-2H3/t17-,21-;/m0./s1. The number of esters is 1. The van der Waals surface area contributed by atoms with E-state index in [1.807, 2.05) is 57.2 Å². The maximum absolute atomic E-state index is 12.8. The van der Waals surface area contributed by atoms with Crippen LogP contribution in [0.25, 0.3) is 0 Å². The molecule has 1 heterocycles. The second-order valence-corrected chi connectivity index (χ2v) is 6.73. The highest BCUT2D eigenvalue weighted by atomic mass is 16.5. The molecule has 0 aliphatic heterocycles. The second kappa shape index (κ2) is 9.03. The number of aryl methyl sites for hydroxylation is 2. The zero-order valence-electron chi connectivity index (χ0n) is 17.3. The Morgan fingerprint density at radius 3 is 2.59 bits per heavy atom. The first-order valence-electron chi connectivity index (χ1n) is 9.76. The van der Waals surface area contributed by atoms with Gasteiger partial charge in [-0.1, -0.05) is 51.0 Å². The molecule has 1 aliphatic carbocycles. The van der Waals surface area contributed by atoms with Gasteiger partial charge in [-0.25, -0.2) is 0 Å². The van der Waals surface area contributed by atoms with Gasteiger partial charge in [-0.2, -0.15) is 0 Å². The van der Waals surface area contributed by atoms with Crippen molar-refractivity contribution >= 4 is 5.97 Å². The second-order valence-electron chi connectivity index (χ2n) is 6.73. The Morgan fingerprint density at radius 1 is 1.22 bits per heavy atom. The van der Waals surface area contributed by atoms with Gasteiger partial charge in [-0.05, 0) is 38.0 Å². The van der Waals surface area contributed by atoms with Crippen LogP contribution in [0.15, 0.2) is 36.4 Å². The third-order valence-corrected chi connectivity index (χ3v) is 5.04. The number of benzene rings is 1. The van der Waals surface area contributed by atoms with E-state index in [4.69, 9.17) is 14.5 Å². The average molecular weight is 370 g/mol. The van der Waals surface area contributed by atoms with E-state index in [0.717, 1.165) is 41.1 Å². The molecule has 1 fully saturated rings. The minimum absolute atomic E-state index is 0.0208. The van der Waals surface area contributed by atoms with Crippen molar-refractivity contribution in [3.8, 4) is 5.75 Å². The number of rotatable bonds is 6. The predicted octanol–water partition coefficient (Wildman–Crippen LogP) is 4.98. The fourth-order valence-corrected chi connectivity index (χ4v) is 3.69. The zero-order valence-corrected chi connectivity index (χ0v) is 17.3. The Hall–Kier alpha value is -2.36. The zero-order chi connectivity index (χ0) is 20.0. The van der Waals surface area contributed by atoms with Gasteiger partial charge in [0.05, 0.1) is 14.2 Å². The van der Waals surface area contributed by atoms with Crippen LogP contribution in [-0.2, 0) is 21.4 Å². The van der Waals surface area contributed by atoms with E-state index in [1.165, 1.54) is 7.11 Å². The van der Waals surface area contributed by atoms with Crippen LogP contribution in [0, 0.1) is 6.92 Å². The number of hydrogen-bond donors (Lipinski definition) is 0. The Balaban J connectivity index is 0.00000126. The van der Waals surface area contributed by atoms with Crippen LogP contribution in [0.2, 0.25) is 0 Å². The summed E-state index contributed by atoms with van der Waals surface area (Å²) in [5.74, 6) is 0.528. The molecule has 1 saturated carbocycles. The molecule has 0 bridgehead atoms. The molecule has 0 saturated heterocycles. The van der Waals surface area contributed by atoms with Crippen molar-refractivity contribution in [2.75, 3.05) is 14.2 Å². The number of aromatic nitrogens is 1. The van der Waals surface area contributed by atoms with E-state index in [1.54, 1.807) is 7.11 Å². The Bertz CT molecular complexity index is 787. The summed E-state index contributed by atoms with van der Waals surface area (Å²) in [5.41, 5.74) is 3.32. The van der Waals surface area contributed by atoms with E-state index in [0.29, 0.717) is 6.42 Å². The summed E-state index contributed by atoms with van der Waals surface area (Å²) in [4.78, 5) is 17.6. The number of carbonyl (C=O) groups excluding carboxylic acids is 1. The highest BCUT2D eigenvalue weighted by Crippen LogP contribution is 2.62. The van der Waals surface area contributed by atoms with Crippen molar-refractivity contribution in [3.63, 3.8) is 0 Å². The number of nitrogens with zero attached hydrogens (tertiary/aromatic N) is 1. The third-order valence-electron chi connectivity index (χ3n) is 5.04. The lowest BCUT2D eigenvalue weighted by atomic mass is 9.90. The number of carbonyl (C=O) groups is 1. The smallest absolute Gasteiger partial charge is 0.317 e. The highest BCUT2D eigenvalue weighted by Gasteiger charge is 2.64. The lowest BCUT2D eigenvalue weighted by molar-refractivity contribution is -0.143. The number of methoxy groups -OCH3 is 2. The van der Waals surface area contributed by atoms with Gasteiger partial charge in [0.15, 0.2) is 0 Å². The number of hydrogen-bond acceptors (Lipinski definition) is 4. The maximum Gasteiger partial charge on any atom is 0.317 e. The molecular weight excluding hydrogens is 338 g/mol. The van der Waals surface area contributed by atoms with Crippen LogP contribution in [0.4, 0.5) is 0 Å². The third kappa shape index (κ3) is 4.00.